The summed E-state index contributed by atoms with van der Waals surface area (Å²) in [5.74, 6) is -0.633. The normalized spacial score (nSPS) is 17.9. The Labute approximate surface area is 217 Å². The van der Waals surface area contributed by atoms with Crippen molar-refractivity contribution in [2.24, 2.45) is 0 Å². The van der Waals surface area contributed by atoms with E-state index in [4.69, 9.17) is 0 Å². The second-order valence-electron chi connectivity index (χ2n) is 9.27. The molecule has 1 saturated heterocycles. The second-order valence-corrected chi connectivity index (χ2v) is 11.9. The van der Waals surface area contributed by atoms with Crippen LogP contribution in [0, 0.1) is 17.1 Å². The number of aliphatic hydroxyl groups excluding tert-OH is 1. The number of sulfonamides is 1. The van der Waals surface area contributed by atoms with Gasteiger partial charge in [0.25, 0.3) is 6.43 Å². The lowest BCUT2D eigenvalue weighted by Crippen LogP contribution is -2.36. The monoisotopic (exact) mass is 564 g/mol. The average molecular weight is 565 g/mol. The number of nitrogens with one attached hydrogen (secondary N) is 1. The first-order valence-corrected chi connectivity index (χ1v) is 13.9. The van der Waals surface area contributed by atoms with Crippen molar-refractivity contribution >= 4 is 49.1 Å². The van der Waals surface area contributed by atoms with Crippen LogP contribution in [0.25, 0.3) is 27.1 Å². The maximum atomic E-state index is 15.5. The van der Waals surface area contributed by atoms with Gasteiger partial charge in [0.15, 0.2) is 10.7 Å². The van der Waals surface area contributed by atoms with Gasteiger partial charge in [-0.25, -0.2) is 31.6 Å². The zero-order valence-electron chi connectivity index (χ0n) is 19.5. The third kappa shape index (κ3) is 4.06. The van der Waals surface area contributed by atoms with Crippen molar-refractivity contribution in [2.75, 3.05) is 18.0 Å². The lowest BCUT2D eigenvalue weighted by atomic mass is 10.1. The van der Waals surface area contributed by atoms with Gasteiger partial charge in [0, 0.05) is 18.5 Å². The molecule has 1 saturated carbocycles. The number of piperidine rings is 1. The van der Waals surface area contributed by atoms with E-state index in [2.05, 4.69) is 24.9 Å². The molecule has 1 aliphatic carbocycles. The third-order valence-corrected chi connectivity index (χ3v) is 9.20. The van der Waals surface area contributed by atoms with Crippen LogP contribution in [0.1, 0.15) is 37.1 Å². The molecule has 2 aliphatic rings. The molecule has 198 valence electrons. The molecule has 2 N–H and O–H groups in total. The molecule has 16 heteroatoms. The summed E-state index contributed by atoms with van der Waals surface area (Å²) in [5.41, 5.74) is -0.944. The Kier molecular flexibility index (Phi) is 5.79. The first-order chi connectivity index (χ1) is 18.1. The zero-order chi connectivity index (χ0) is 26.8. The Morgan fingerprint density at radius 2 is 1.95 bits per heavy atom. The maximum absolute atomic E-state index is 15.5. The fraction of sp³-hybridized carbons (Fsp3) is 0.409. The largest absolute Gasteiger partial charge is 0.393 e. The Balaban J connectivity index is 1.61. The van der Waals surface area contributed by atoms with Crippen LogP contribution in [0.2, 0.25) is 0 Å². The first kappa shape index (κ1) is 24.9. The smallest absolute Gasteiger partial charge is 0.291 e. The number of anilines is 1. The predicted molar refractivity (Wildman–Crippen MR) is 130 cm³/mol. The van der Waals surface area contributed by atoms with E-state index in [1.807, 2.05) is 11.0 Å². The number of benzene rings is 1. The molecule has 4 aromatic rings. The average Bonchev–Trinajstić information content (AvgIpc) is 3.33. The highest BCUT2D eigenvalue weighted by Crippen LogP contribution is 2.41. The van der Waals surface area contributed by atoms with Crippen molar-refractivity contribution < 1.29 is 26.7 Å². The van der Waals surface area contributed by atoms with Gasteiger partial charge in [0.05, 0.1) is 23.1 Å². The van der Waals surface area contributed by atoms with E-state index in [9.17, 15) is 27.6 Å². The molecule has 1 aromatic carbocycles. The highest BCUT2D eigenvalue weighted by atomic mass is 32.2. The van der Waals surface area contributed by atoms with Crippen molar-refractivity contribution in [1.29, 1.82) is 5.26 Å². The third-order valence-electron chi connectivity index (χ3n) is 6.73. The highest BCUT2D eigenvalue weighted by molar-refractivity contribution is 7.89. The number of halogens is 3. The molecule has 1 aliphatic heterocycles. The molecule has 6 rings (SSSR count). The molecule has 11 nitrogen and oxygen atoms in total. The van der Waals surface area contributed by atoms with Crippen LogP contribution in [0.15, 0.2) is 23.4 Å². The topological polar surface area (TPSA) is 150 Å². The van der Waals surface area contributed by atoms with E-state index in [0.717, 1.165) is 12.1 Å². The van der Waals surface area contributed by atoms with Gasteiger partial charge in [0.1, 0.15) is 28.4 Å². The molecule has 3 aromatic heterocycles. The van der Waals surface area contributed by atoms with Gasteiger partial charge >= 0.3 is 0 Å². The first-order valence-electron chi connectivity index (χ1n) is 11.6. The van der Waals surface area contributed by atoms with E-state index in [1.165, 1.54) is 10.9 Å². The summed E-state index contributed by atoms with van der Waals surface area (Å²) in [5, 5.41) is 26.7. The van der Waals surface area contributed by atoms with E-state index >= 15 is 4.39 Å². The van der Waals surface area contributed by atoms with Gasteiger partial charge < -0.3 is 10.0 Å². The van der Waals surface area contributed by atoms with Crippen LogP contribution in [0.3, 0.4) is 0 Å². The maximum Gasteiger partial charge on any atom is 0.291 e. The minimum atomic E-state index is -4.46. The van der Waals surface area contributed by atoms with Crippen molar-refractivity contribution in [3.63, 3.8) is 0 Å². The molecule has 0 unspecified atom stereocenters. The summed E-state index contributed by atoms with van der Waals surface area (Å²) >= 11 is 0.593. The fourth-order valence-electron chi connectivity index (χ4n) is 4.62. The number of hydrogen-bond acceptors (Lipinski definition) is 10. The van der Waals surface area contributed by atoms with Gasteiger partial charge in [-0.05, 0) is 37.8 Å². The van der Waals surface area contributed by atoms with Crippen LogP contribution in [-0.4, -0.2) is 63.0 Å². The van der Waals surface area contributed by atoms with E-state index < -0.39 is 43.8 Å². The van der Waals surface area contributed by atoms with Crippen molar-refractivity contribution in [2.45, 2.75) is 48.6 Å². The van der Waals surface area contributed by atoms with Crippen LogP contribution in [0.5, 0.6) is 0 Å². The Morgan fingerprint density at radius 1 is 1.21 bits per heavy atom. The number of aliphatic hydroxyl groups is 1. The summed E-state index contributed by atoms with van der Waals surface area (Å²) in [6.07, 6.45) is -0.484. The highest BCUT2D eigenvalue weighted by Gasteiger charge is 2.47. The molecule has 0 radical (unpaired) electrons. The lowest BCUT2D eigenvalue weighted by Gasteiger charge is -2.30. The standard InChI is InChI=1S/C22H19F3N8O3S2/c23-13-7-12-14(8-15(13)38(35,36)31-22(9-26)3-4-22)33(21-30-29-20(37-21)17(24)25)19-16(12)18(27-10-28-19)32-5-1-11(34)2-6-32/h7-8,10-11,17,31,34H,1-6H2. The van der Waals surface area contributed by atoms with Gasteiger partial charge in [-0.3, -0.25) is 4.57 Å². The minimum Gasteiger partial charge on any atom is -0.393 e. The van der Waals surface area contributed by atoms with Crippen molar-refractivity contribution in [3.05, 3.63) is 29.3 Å². The molecular weight excluding hydrogens is 545 g/mol. The summed E-state index contributed by atoms with van der Waals surface area (Å²) in [7, 11) is -4.46. The van der Waals surface area contributed by atoms with Crippen molar-refractivity contribution in [1.82, 2.24) is 29.5 Å². The number of hydrogen-bond donors (Lipinski definition) is 2. The minimum absolute atomic E-state index is 0.0161. The second kappa shape index (κ2) is 8.83. The molecule has 2 fully saturated rings. The van der Waals surface area contributed by atoms with Crippen molar-refractivity contribution in [3.8, 4) is 11.2 Å². The molecule has 0 spiro atoms. The number of nitrogens with zero attached hydrogens (tertiary/aromatic N) is 7. The fourth-order valence-corrected chi connectivity index (χ4v) is 6.79. The number of rotatable bonds is 6. The van der Waals surface area contributed by atoms with Gasteiger partial charge in [-0.1, -0.05) is 11.3 Å². The molecule has 4 heterocycles. The number of alkyl halides is 2. The van der Waals surface area contributed by atoms with E-state index in [1.54, 1.807) is 0 Å². The zero-order valence-corrected chi connectivity index (χ0v) is 21.1. The van der Waals surface area contributed by atoms with E-state index in [0.29, 0.717) is 61.3 Å². The summed E-state index contributed by atoms with van der Waals surface area (Å²) < 4.78 is 72.0. The number of nitriles is 1. The summed E-state index contributed by atoms with van der Waals surface area (Å²) in [4.78, 5) is 9.91. The van der Waals surface area contributed by atoms with Crippen LogP contribution in [-0.2, 0) is 10.0 Å². The SMILES string of the molecule is N#CC1(NS(=O)(=O)c2cc3c(cc2F)c2c(N4CCC(O)CC4)ncnc2n3-c2nnc(C(F)F)s2)CC1. The predicted octanol–water partition coefficient (Wildman–Crippen LogP) is 2.80. The molecule has 0 atom stereocenters. The molecular formula is C22H19F3N8O3S2. The Morgan fingerprint density at radius 3 is 2.58 bits per heavy atom. The van der Waals surface area contributed by atoms with E-state index in [-0.39, 0.29) is 21.7 Å². The van der Waals surface area contributed by atoms with Crippen LogP contribution in [0.4, 0.5) is 19.0 Å². The molecule has 0 amide bonds. The van der Waals surface area contributed by atoms with Crippen LogP contribution >= 0.6 is 11.3 Å². The van der Waals surface area contributed by atoms with Gasteiger partial charge in [-0.2, -0.15) is 9.98 Å². The van der Waals surface area contributed by atoms with Crippen LogP contribution < -0.4 is 9.62 Å². The lowest BCUT2D eigenvalue weighted by molar-refractivity contribution is 0.145. The number of fused-ring (bicyclic) bond motifs is 3. The molecule has 0 bridgehead atoms. The molecule has 38 heavy (non-hydrogen) atoms. The van der Waals surface area contributed by atoms with Gasteiger partial charge in [-0.15, -0.1) is 10.2 Å². The summed E-state index contributed by atoms with van der Waals surface area (Å²) in [6.45, 7) is 0.923. The Bertz CT molecular complexity index is 1720. The quantitative estimate of drug-likeness (QED) is 0.360. The number of aromatic nitrogens is 5. The van der Waals surface area contributed by atoms with Gasteiger partial charge in [0.2, 0.25) is 15.2 Å². The summed E-state index contributed by atoms with van der Waals surface area (Å²) in [6, 6.07) is 4.02. The Hall–Kier alpha value is -3.39.